The van der Waals surface area contributed by atoms with Gasteiger partial charge in [-0.15, -0.1) is 0 Å². The van der Waals surface area contributed by atoms with Crippen molar-refractivity contribution in [3.63, 3.8) is 0 Å². The summed E-state index contributed by atoms with van der Waals surface area (Å²) in [5.41, 5.74) is 9.52. The molecule has 1 unspecified atom stereocenters. The first kappa shape index (κ1) is 27.4. The van der Waals surface area contributed by atoms with Crippen LogP contribution in [0.5, 0.6) is 23.0 Å². The van der Waals surface area contributed by atoms with E-state index < -0.39 is 11.9 Å². The van der Waals surface area contributed by atoms with Crippen molar-refractivity contribution in [2.75, 3.05) is 6.61 Å². The van der Waals surface area contributed by atoms with Crippen molar-refractivity contribution in [1.29, 1.82) is 5.26 Å². The van der Waals surface area contributed by atoms with E-state index in [4.69, 9.17) is 24.7 Å². The van der Waals surface area contributed by atoms with Gasteiger partial charge in [-0.05, 0) is 59.5 Å². The van der Waals surface area contributed by atoms with E-state index in [-0.39, 0.29) is 5.88 Å². The van der Waals surface area contributed by atoms with Crippen molar-refractivity contribution in [2.45, 2.75) is 26.4 Å². The van der Waals surface area contributed by atoms with E-state index in [9.17, 15) is 10.1 Å². The molecule has 5 rings (SSSR count). The Labute approximate surface area is 239 Å². The molecular formula is C34H30N2O5. The minimum Gasteiger partial charge on any atom is -0.493 e. The molecule has 2 N–H and O–H groups in total. The van der Waals surface area contributed by atoms with Crippen LogP contribution in [0.1, 0.15) is 46.8 Å². The van der Waals surface area contributed by atoms with Crippen molar-refractivity contribution in [2.24, 2.45) is 11.7 Å². The zero-order valence-corrected chi connectivity index (χ0v) is 22.9. The molecule has 1 aliphatic rings. The van der Waals surface area contributed by atoms with Crippen LogP contribution in [0.3, 0.4) is 0 Å². The SMILES string of the molecule is CC(C)COc1ccc(C(=O)Oc2ccc3c(c2)OC(N)=C(C#N)C3c2ccc(OCc3ccccc3)cc2)cc1. The average Bonchev–Trinajstić information content (AvgIpc) is 2.99. The predicted octanol–water partition coefficient (Wildman–Crippen LogP) is 6.74. The number of carbonyl (C=O) groups excluding carboxylic acids is 1. The predicted molar refractivity (Wildman–Crippen MR) is 155 cm³/mol. The highest BCUT2D eigenvalue weighted by Crippen LogP contribution is 2.43. The standard InChI is InChI=1S/C34H30N2O5/c1-22(2)20-38-26-14-10-25(11-15-26)34(37)40-28-16-17-29-31(18-28)41-33(36)30(19-35)32(29)24-8-12-27(13-9-24)39-21-23-6-4-3-5-7-23/h3-18,22,32H,20-21,36H2,1-2H3. The molecule has 1 atom stereocenters. The van der Waals surface area contributed by atoms with Gasteiger partial charge in [-0.3, -0.25) is 0 Å². The van der Waals surface area contributed by atoms with E-state index in [1.165, 1.54) is 0 Å². The summed E-state index contributed by atoms with van der Waals surface area (Å²) in [6.07, 6.45) is 0. The summed E-state index contributed by atoms with van der Waals surface area (Å²) >= 11 is 0. The number of nitriles is 1. The van der Waals surface area contributed by atoms with E-state index in [0.29, 0.717) is 53.3 Å². The van der Waals surface area contributed by atoms with Crippen LogP contribution in [0.2, 0.25) is 0 Å². The molecule has 0 fully saturated rings. The van der Waals surface area contributed by atoms with Gasteiger partial charge >= 0.3 is 5.97 Å². The highest BCUT2D eigenvalue weighted by molar-refractivity contribution is 5.91. The highest BCUT2D eigenvalue weighted by Gasteiger charge is 2.31. The molecular weight excluding hydrogens is 516 g/mol. The van der Waals surface area contributed by atoms with Crippen molar-refractivity contribution in [1.82, 2.24) is 0 Å². The number of nitrogens with two attached hydrogens (primary N) is 1. The number of rotatable bonds is 9. The summed E-state index contributed by atoms with van der Waals surface area (Å²) in [5.74, 6) is 1.56. The van der Waals surface area contributed by atoms with Crippen molar-refractivity contribution in [3.05, 3.63) is 131 Å². The Morgan fingerprint density at radius 3 is 2.24 bits per heavy atom. The topological polar surface area (TPSA) is 104 Å². The molecule has 7 nitrogen and oxygen atoms in total. The van der Waals surface area contributed by atoms with Gasteiger partial charge < -0.3 is 24.7 Å². The Bertz CT molecular complexity index is 1590. The summed E-state index contributed by atoms with van der Waals surface area (Å²) in [5, 5.41) is 9.89. The molecule has 0 radical (unpaired) electrons. The molecule has 0 amide bonds. The summed E-state index contributed by atoms with van der Waals surface area (Å²) in [6, 6.07) is 31.6. The fourth-order valence-electron chi connectivity index (χ4n) is 4.46. The van der Waals surface area contributed by atoms with Crippen LogP contribution in [0.15, 0.2) is 109 Å². The third-order valence-corrected chi connectivity index (χ3v) is 6.54. The Kier molecular flexibility index (Phi) is 8.21. The first-order chi connectivity index (χ1) is 19.9. The number of esters is 1. The van der Waals surface area contributed by atoms with Crippen molar-refractivity contribution < 1.29 is 23.7 Å². The molecule has 206 valence electrons. The van der Waals surface area contributed by atoms with Crippen LogP contribution in [0, 0.1) is 17.2 Å². The maximum Gasteiger partial charge on any atom is 0.343 e. The van der Waals surface area contributed by atoms with Gasteiger partial charge in [0.05, 0.1) is 18.1 Å². The highest BCUT2D eigenvalue weighted by atomic mass is 16.5. The van der Waals surface area contributed by atoms with E-state index >= 15 is 0 Å². The van der Waals surface area contributed by atoms with Crippen molar-refractivity contribution in [3.8, 4) is 29.1 Å². The summed E-state index contributed by atoms with van der Waals surface area (Å²) in [4.78, 5) is 12.8. The molecule has 4 aromatic carbocycles. The van der Waals surface area contributed by atoms with Crippen LogP contribution in [0.25, 0.3) is 0 Å². The first-order valence-electron chi connectivity index (χ1n) is 13.3. The van der Waals surface area contributed by atoms with Gasteiger partial charge in [0.25, 0.3) is 0 Å². The van der Waals surface area contributed by atoms with Gasteiger partial charge in [0.1, 0.15) is 41.2 Å². The molecule has 0 aromatic heterocycles. The average molecular weight is 547 g/mol. The maximum absolute atomic E-state index is 12.8. The number of allylic oxidation sites excluding steroid dienone is 1. The van der Waals surface area contributed by atoms with E-state index in [1.807, 2.05) is 54.6 Å². The Morgan fingerprint density at radius 2 is 1.56 bits per heavy atom. The second kappa shape index (κ2) is 12.3. The zero-order valence-electron chi connectivity index (χ0n) is 22.9. The molecule has 1 heterocycles. The van der Waals surface area contributed by atoms with Gasteiger partial charge in [-0.25, -0.2) is 4.79 Å². The molecule has 41 heavy (non-hydrogen) atoms. The minimum atomic E-state index is -0.514. The molecule has 0 bridgehead atoms. The van der Waals surface area contributed by atoms with Gasteiger partial charge in [0.15, 0.2) is 0 Å². The number of carbonyl (C=O) groups is 1. The first-order valence-corrected chi connectivity index (χ1v) is 13.3. The summed E-state index contributed by atoms with van der Waals surface area (Å²) < 4.78 is 23.0. The number of hydrogen-bond acceptors (Lipinski definition) is 7. The van der Waals surface area contributed by atoms with Crippen LogP contribution in [0.4, 0.5) is 0 Å². The molecule has 0 saturated heterocycles. The lowest BCUT2D eigenvalue weighted by molar-refractivity contribution is 0.0734. The van der Waals surface area contributed by atoms with Crippen LogP contribution < -0.4 is 24.7 Å². The fourth-order valence-corrected chi connectivity index (χ4v) is 4.46. The third kappa shape index (κ3) is 6.51. The van der Waals surface area contributed by atoms with Gasteiger partial charge in [-0.1, -0.05) is 62.4 Å². The van der Waals surface area contributed by atoms with E-state index in [1.54, 1.807) is 42.5 Å². The monoisotopic (exact) mass is 546 g/mol. The van der Waals surface area contributed by atoms with E-state index in [2.05, 4.69) is 19.9 Å². The van der Waals surface area contributed by atoms with Crippen LogP contribution >= 0.6 is 0 Å². The zero-order chi connectivity index (χ0) is 28.8. The van der Waals surface area contributed by atoms with Crippen LogP contribution in [-0.4, -0.2) is 12.6 Å². The van der Waals surface area contributed by atoms with Crippen molar-refractivity contribution >= 4 is 5.97 Å². The lowest BCUT2D eigenvalue weighted by Gasteiger charge is -2.26. The Balaban J connectivity index is 1.32. The second-order valence-corrected chi connectivity index (χ2v) is 10.1. The third-order valence-electron chi connectivity index (χ3n) is 6.54. The number of ether oxygens (including phenoxy) is 4. The normalized spacial score (nSPS) is 14.0. The summed E-state index contributed by atoms with van der Waals surface area (Å²) in [6.45, 7) is 5.19. The summed E-state index contributed by atoms with van der Waals surface area (Å²) in [7, 11) is 0. The largest absolute Gasteiger partial charge is 0.493 e. The molecule has 7 heteroatoms. The molecule has 4 aromatic rings. The molecule has 0 spiro atoms. The van der Waals surface area contributed by atoms with Gasteiger partial charge in [0.2, 0.25) is 5.88 Å². The lowest BCUT2D eigenvalue weighted by atomic mass is 9.83. The Morgan fingerprint density at radius 1 is 0.902 bits per heavy atom. The van der Waals surface area contributed by atoms with Gasteiger partial charge in [0, 0.05) is 11.6 Å². The quantitative estimate of drug-likeness (QED) is 0.183. The molecule has 0 aliphatic carbocycles. The van der Waals surface area contributed by atoms with E-state index in [0.717, 1.165) is 16.7 Å². The maximum atomic E-state index is 12.8. The fraction of sp³-hybridized carbons (Fsp3) is 0.176. The molecule has 0 saturated carbocycles. The molecule has 1 aliphatic heterocycles. The number of benzene rings is 4. The van der Waals surface area contributed by atoms with Gasteiger partial charge in [-0.2, -0.15) is 5.26 Å². The number of fused-ring (bicyclic) bond motifs is 1. The Hall–Kier alpha value is -5.22. The van der Waals surface area contributed by atoms with Crippen LogP contribution in [-0.2, 0) is 6.61 Å². The smallest absolute Gasteiger partial charge is 0.343 e. The lowest BCUT2D eigenvalue weighted by Crippen LogP contribution is -2.21. The number of nitrogens with zero attached hydrogens (tertiary/aromatic N) is 1. The second-order valence-electron chi connectivity index (χ2n) is 10.1. The number of hydrogen-bond donors (Lipinski definition) is 1. The minimum absolute atomic E-state index is 0.00914.